The zero-order valence-electron chi connectivity index (χ0n) is 9.31. The van der Waals surface area contributed by atoms with E-state index in [0.29, 0.717) is 5.75 Å². The van der Waals surface area contributed by atoms with Crippen LogP contribution in [0.1, 0.15) is 0 Å². The fourth-order valence-corrected chi connectivity index (χ4v) is 1.51. The van der Waals surface area contributed by atoms with Gasteiger partial charge in [0.25, 0.3) is 0 Å². The average Bonchev–Trinajstić information content (AvgIpc) is 2.65. The molecule has 1 heterocycles. The van der Waals surface area contributed by atoms with Crippen LogP contribution in [0.4, 0.5) is 0 Å². The van der Waals surface area contributed by atoms with Crippen molar-refractivity contribution in [1.29, 1.82) is 0 Å². The van der Waals surface area contributed by atoms with Gasteiger partial charge in [0, 0.05) is 0 Å². The molecular weight excluding hydrogens is 240 g/mol. The Morgan fingerprint density at radius 3 is 2.50 bits per heavy atom. The summed E-state index contributed by atoms with van der Waals surface area (Å²) in [5.41, 5.74) is 0. The molecule has 1 aliphatic rings. The van der Waals surface area contributed by atoms with E-state index in [4.69, 9.17) is 9.84 Å². The van der Waals surface area contributed by atoms with E-state index in [1.807, 2.05) is 6.07 Å². The van der Waals surface area contributed by atoms with Crippen molar-refractivity contribution in [3.63, 3.8) is 0 Å². The van der Waals surface area contributed by atoms with Crippen molar-refractivity contribution in [2.75, 3.05) is 6.61 Å². The predicted molar refractivity (Wildman–Crippen MR) is 60.1 cm³/mol. The molecule has 0 spiro atoms. The smallest absolute Gasteiger partial charge is 0.377 e. The lowest BCUT2D eigenvalue weighted by Gasteiger charge is -2.17. The lowest BCUT2D eigenvalue weighted by molar-refractivity contribution is -0.147. The Morgan fingerprint density at radius 1 is 1.28 bits per heavy atom. The number of aliphatic hydroxyl groups is 3. The molecule has 1 aromatic carbocycles. The molecule has 1 aliphatic heterocycles. The molecule has 3 N–H and O–H groups in total. The van der Waals surface area contributed by atoms with E-state index in [0.717, 1.165) is 0 Å². The first kappa shape index (κ1) is 12.3. The summed E-state index contributed by atoms with van der Waals surface area (Å²) in [6.07, 6.45) is -2.56. The van der Waals surface area contributed by atoms with Crippen LogP contribution in [0.2, 0.25) is 0 Å². The van der Waals surface area contributed by atoms with Crippen molar-refractivity contribution in [3.05, 3.63) is 41.9 Å². The molecule has 0 saturated heterocycles. The van der Waals surface area contributed by atoms with Crippen LogP contribution in [0, 0.1) is 0 Å². The van der Waals surface area contributed by atoms with Crippen molar-refractivity contribution in [3.8, 4) is 5.75 Å². The molecule has 0 aliphatic carbocycles. The first-order valence-electron chi connectivity index (χ1n) is 5.28. The Hall–Kier alpha value is -2.21. The Morgan fingerprint density at radius 2 is 1.94 bits per heavy atom. The number of aliphatic hydroxyl groups excluding tert-OH is 3. The Kier molecular flexibility index (Phi) is 3.38. The highest BCUT2D eigenvalue weighted by Gasteiger charge is 2.39. The summed E-state index contributed by atoms with van der Waals surface area (Å²) in [4.78, 5) is 10.9. The SMILES string of the molecule is O=C1O[C@@H]([C@@H](O)COc2ccccc2)C(O)=C1O. The van der Waals surface area contributed by atoms with Crippen molar-refractivity contribution in [1.82, 2.24) is 0 Å². The van der Waals surface area contributed by atoms with Gasteiger partial charge in [-0.15, -0.1) is 0 Å². The highest BCUT2D eigenvalue weighted by molar-refractivity contribution is 5.89. The number of rotatable bonds is 4. The van der Waals surface area contributed by atoms with Crippen molar-refractivity contribution >= 4 is 5.97 Å². The summed E-state index contributed by atoms with van der Waals surface area (Å²) in [5, 5.41) is 28.1. The second-order valence-corrected chi connectivity index (χ2v) is 3.75. The van der Waals surface area contributed by atoms with Gasteiger partial charge >= 0.3 is 5.97 Å². The second-order valence-electron chi connectivity index (χ2n) is 3.75. The van der Waals surface area contributed by atoms with Gasteiger partial charge in [-0.25, -0.2) is 4.79 Å². The zero-order chi connectivity index (χ0) is 13.1. The number of hydrogen-bond donors (Lipinski definition) is 3. The van der Waals surface area contributed by atoms with E-state index in [1.54, 1.807) is 24.3 Å². The van der Waals surface area contributed by atoms with Crippen LogP contribution in [0.15, 0.2) is 41.9 Å². The quantitative estimate of drug-likeness (QED) is 0.682. The summed E-state index contributed by atoms with van der Waals surface area (Å²) in [7, 11) is 0. The van der Waals surface area contributed by atoms with E-state index < -0.39 is 29.7 Å². The largest absolute Gasteiger partial charge is 0.505 e. The van der Waals surface area contributed by atoms with Gasteiger partial charge in [-0.05, 0) is 12.1 Å². The Labute approximate surface area is 103 Å². The molecule has 0 fully saturated rings. The van der Waals surface area contributed by atoms with Crippen LogP contribution < -0.4 is 4.74 Å². The monoisotopic (exact) mass is 252 g/mol. The maximum Gasteiger partial charge on any atom is 0.377 e. The number of carbonyl (C=O) groups is 1. The highest BCUT2D eigenvalue weighted by Crippen LogP contribution is 2.22. The predicted octanol–water partition coefficient (Wildman–Crippen LogP) is 0.679. The standard InChI is InChI=1S/C12H12O6/c13-8(6-17-7-4-2-1-3-5-7)11-9(14)10(15)12(16)18-11/h1-5,8,11,13-15H,6H2/t8-,11-/m0/s1. The summed E-state index contributed by atoms with van der Waals surface area (Å²) in [6.45, 7) is -0.181. The maximum absolute atomic E-state index is 10.9. The van der Waals surface area contributed by atoms with Crippen molar-refractivity contribution in [2.45, 2.75) is 12.2 Å². The average molecular weight is 252 g/mol. The third-order valence-electron chi connectivity index (χ3n) is 2.45. The summed E-state index contributed by atoms with van der Waals surface area (Å²) < 4.78 is 9.84. The number of benzene rings is 1. The number of ether oxygens (including phenoxy) is 2. The lowest BCUT2D eigenvalue weighted by Crippen LogP contribution is -2.33. The molecule has 6 heteroatoms. The molecule has 0 saturated carbocycles. The van der Waals surface area contributed by atoms with Gasteiger partial charge in [-0.3, -0.25) is 0 Å². The minimum Gasteiger partial charge on any atom is -0.505 e. The van der Waals surface area contributed by atoms with E-state index in [1.165, 1.54) is 0 Å². The van der Waals surface area contributed by atoms with Crippen LogP contribution in [0.5, 0.6) is 5.75 Å². The first-order chi connectivity index (χ1) is 8.59. The topological polar surface area (TPSA) is 96.2 Å². The molecule has 0 amide bonds. The third kappa shape index (κ3) is 2.38. The molecule has 1 aromatic rings. The van der Waals surface area contributed by atoms with Crippen LogP contribution in [-0.2, 0) is 9.53 Å². The fourth-order valence-electron chi connectivity index (χ4n) is 1.51. The number of hydrogen-bond acceptors (Lipinski definition) is 6. The van der Waals surface area contributed by atoms with Gasteiger partial charge in [0.05, 0.1) is 0 Å². The van der Waals surface area contributed by atoms with Crippen LogP contribution in [-0.4, -0.2) is 40.1 Å². The minimum atomic E-state index is -1.29. The Bertz CT molecular complexity index is 467. The molecule has 18 heavy (non-hydrogen) atoms. The molecule has 2 rings (SSSR count). The van der Waals surface area contributed by atoms with Crippen LogP contribution >= 0.6 is 0 Å². The minimum absolute atomic E-state index is 0.181. The van der Waals surface area contributed by atoms with Gasteiger partial charge in [0.1, 0.15) is 18.5 Å². The van der Waals surface area contributed by atoms with Gasteiger partial charge < -0.3 is 24.8 Å². The molecule has 2 atom stereocenters. The molecule has 0 bridgehead atoms. The van der Waals surface area contributed by atoms with Crippen molar-refractivity contribution in [2.24, 2.45) is 0 Å². The van der Waals surface area contributed by atoms with Gasteiger partial charge in [0.2, 0.25) is 5.76 Å². The zero-order valence-corrected chi connectivity index (χ0v) is 9.31. The number of para-hydroxylation sites is 1. The summed E-state index contributed by atoms with van der Waals surface area (Å²) >= 11 is 0. The lowest BCUT2D eigenvalue weighted by atomic mass is 10.2. The van der Waals surface area contributed by atoms with E-state index in [2.05, 4.69) is 4.74 Å². The molecule has 0 aromatic heterocycles. The molecule has 0 radical (unpaired) electrons. The summed E-state index contributed by atoms with van der Waals surface area (Å²) in [5.74, 6) is -2.08. The molecule has 0 unspecified atom stereocenters. The van der Waals surface area contributed by atoms with Gasteiger partial charge in [0.15, 0.2) is 11.9 Å². The van der Waals surface area contributed by atoms with Crippen molar-refractivity contribution < 1.29 is 29.6 Å². The van der Waals surface area contributed by atoms with Gasteiger partial charge in [-0.1, -0.05) is 18.2 Å². The number of esters is 1. The summed E-state index contributed by atoms with van der Waals surface area (Å²) in [6, 6.07) is 8.73. The fraction of sp³-hybridized carbons (Fsp3) is 0.250. The number of carbonyl (C=O) groups excluding carboxylic acids is 1. The highest BCUT2D eigenvalue weighted by atomic mass is 16.6. The first-order valence-corrected chi connectivity index (χ1v) is 5.28. The van der Waals surface area contributed by atoms with Crippen LogP contribution in [0.25, 0.3) is 0 Å². The molecular formula is C12H12O6. The van der Waals surface area contributed by atoms with Crippen LogP contribution in [0.3, 0.4) is 0 Å². The third-order valence-corrected chi connectivity index (χ3v) is 2.45. The maximum atomic E-state index is 10.9. The van der Waals surface area contributed by atoms with E-state index in [9.17, 15) is 15.0 Å². The van der Waals surface area contributed by atoms with E-state index in [-0.39, 0.29) is 6.61 Å². The normalized spacial score (nSPS) is 20.7. The second kappa shape index (κ2) is 4.97. The van der Waals surface area contributed by atoms with Gasteiger partial charge in [-0.2, -0.15) is 0 Å². The number of cyclic esters (lactones) is 1. The van der Waals surface area contributed by atoms with E-state index >= 15 is 0 Å². The molecule has 96 valence electrons. The Balaban J connectivity index is 1.94. The molecule has 6 nitrogen and oxygen atoms in total.